The molecular weight excluding hydrogens is 479 g/mol. The van der Waals surface area contributed by atoms with Crippen LogP contribution in [0.1, 0.15) is 66.5 Å². The first-order valence-electron chi connectivity index (χ1n) is 11.0. The van der Waals surface area contributed by atoms with Gasteiger partial charge in [-0.2, -0.15) is 18.4 Å². The Hall–Kier alpha value is -2.97. The van der Waals surface area contributed by atoms with Crippen LogP contribution in [0.5, 0.6) is 0 Å². The molecule has 0 aromatic heterocycles. The molecule has 3 unspecified atom stereocenters. The van der Waals surface area contributed by atoms with E-state index >= 15 is 0 Å². The van der Waals surface area contributed by atoms with Gasteiger partial charge in [-0.25, -0.2) is 4.90 Å². The number of halogens is 3. The first kappa shape index (κ1) is 33.0. The molecule has 1 aromatic carbocycles. The molecule has 11 heteroatoms. The van der Waals surface area contributed by atoms with Crippen molar-refractivity contribution in [3.05, 3.63) is 29.3 Å². The highest BCUT2D eigenvalue weighted by molar-refractivity contribution is 6.22. The Morgan fingerprint density at radius 3 is 2.17 bits per heavy atom. The molecule has 1 heterocycles. The summed E-state index contributed by atoms with van der Waals surface area (Å²) in [5, 5.41) is 8.99. The van der Waals surface area contributed by atoms with Gasteiger partial charge in [0.15, 0.2) is 0 Å². The molecule has 1 aliphatic rings. The maximum absolute atomic E-state index is 13.4. The van der Waals surface area contributed by atoms with Crippen LogP contribution in [0.2, 0.25) is 0 Å². The standard InChI is InChI=1S/C22H25F3N2O5.C2H7N.CH4/c1-13-17(21(5,8-9-31-12-28)32-20(2,3)4)19(30)27(18(13)29)15-7-6-14(11-26)16(10-15)22(23,24)25;1-2-3;/h6-7,10,12-13,17H,8-9H2,1-5H3;2-3H2,1H3;1H4. The summed E-state index contributed by atoms with van der Waals surface area (Å²) in [7, 11) is 0. The van der Waals surface area contributed by atoms with E-state index in [1.54, 1.807) is 27.7 Å². The monoisotopic (exact) mass is 515 g/mol. The Morgan fingerprint density at radius 1 is 1.17 bits per heavy atom. The molecule has 2 N–H and O–H groups in total. The van der Waals surface area contributed by atoms with Crippen LogP contribution < -0.4 is 10.6 Å². The van der Waals surface area contributed by atoms with Gasteiger partial charge in [-0.15, -0.1) is 0 Å². The lowest BCUT2D eigenvalue weighted by atomic mass is 9.79. The van der Waals surface area contributed by atoms with E-state index in [-0.39, 0.29) is 32.6 Å². The first-order valence-corrected chi connectivity index (χ1v) is 11.0. The van der Waals surface area contributed by atoms with Crippen LogP contribution in [0.25, 0.3) is 0 Å². The molecule has 0 spiro atoms. The molecule has 1 saturated heterocycles. The smallest absolute Gasteiger partial charge is 0.417 e. The summed E-state index contributed by atoms with van der Waals surface area (Å²) in [5.41, 5.74) is 0.744. The Labute approximate surface area is 210 Å². The van der Waals surface area contributed by atoms with Crippen molar-refractivity contribution < 1.29 is 37.0 Å². The fourth-order valence-electron chi connectivity index (χ4n) is 4.13. The number of ether oxygens (including phenoxy) is 2. The van der Waals surface area contributed by atoms with Gasteiger partial charge in [0.2, 0.25) is 11.8 Å². The summed E-state index contributed by atoms with van der Waals surface area (Å²) in [6.45, 7) is 11.2. The average Bonchev–Trinajstić information content (AvgIpc) is 2.95. The lowest BCUT2D eigenvalue weighted by molar-refractivity contribution is -0.173. The second-order valence-electron chi connectivity index (χ2n) is 9.27. The number of nitrogens with zero attached hydrogens (tertiary/aromatic N) is 2. The van der Waals surface area contributed by atoms with Crippen molar-refractivity contribution in [2.24, 2.45) is 17.6 Å². The molecule has 36 heavy (non-hydrogen) atoms. The van der Waals surface area contributed by atoms with Crippen LogP contribution in [0, 0.1) is 23.2 Å². The maximum atomic E-state index is 13.4. The third kappa shape index (κ3) is 7.77. The third-order valence-corrected chi connectivity index (χ3v) is 5.27. The van der Waals surface area contributed by atoms with Crippen molar-refractivity contribution in [1.29, 1.82) is 5.26 Å². The zero-order valence-corrected chi connectivity index (χ0v) is 20.7. The average molecular weight is 516 g/mol. The Balaban J connectivity index is 0.00000291. The van der Waals surface area contributed by atoms with E-state index in [0.717, 1.165) is 18.7 Å². The van der Waals surface area contributed by atoms with Gasteiger partial charge in [-0.3, -0.25) is 14.4 Å². The number of rotatable bonds is 7. The Morgan fingerprint density at radius 2 is 1.72 bits per heavy atom. The minimum Gasteiger partial charge on any atom is -0.468 e. The largest absolute Gasteiger partial charge is 0.468 e. The van der Waals surface area contributed by atoms with E-state index < -0.39 is 52.2 Å². The summed E-state index contributed by atoms with van der Waals surface area (Å²) in [4.78, 5) is 37.7. The van der Waals surface area contributed by atoms with Crippen molar-refractivity contribution in [3.63, 3.8) is 0 Å². The van der Waals surface area contributed by atoms with Gasteiger partial charge in [-0.1, -0.05) is 21.3 Å². The molecule has 3 atom stereocenters. The quantitative estimate of drug-likeness (QED) is 0.324. The number of hydrogen-bond donors (Lipinski definition) is 1. The third-order valence-electron chi connectivity index (χ3n) is 5.27. The summed E-state index contributed by atoms with van der Waals surface area (Å²) < 4.78 is 51.1. The SMILES string of the molecule is C.CC1C(=O)N(c2ccc(C#N)c(C(F)(F)F)c2)C(=O)C1C(C)(CCOC=O)OC(C)(C)C.CCN. The van der Waals surface area contributed by atoms with Crippen LogP contribution in [0.15, 0.2) is 18.2 Å². The van der Waals surface area contributed by atoms with Gasteiger partial charge in [0.1, 0.15) is 0 Å². The molecular formula is C25H36F3N3O5. The van der Waals surface area contributed by atoms with E-state index in [0.29, 0.717) is 11.0 Å². The molecule has 1 fully saturated rings. The Kier molecular flexibility index (Phi) is 11.8. The lowest BCUT2D eigenvalue weighted by Crippen LogP contribution is -2.49. The van der Waals surface area contributed by atoms with Crippen LogP contribution in [0.4, 0.5) is 18.9 Å². The lowest BCUT2D eigenvalue weighted by Gasteiger charge is -2.41. The fourth-order valence-corrected chi connectivity index (χ4v) is 4.13. The molecule has 2 amide bonds. The molecule has 0 bridgehead atoms. The van der Waals surface area contributed by atoms with Gasteiger partial charge >= 0.3 is 6.18 Å². The topological polar surface area (TPSA) is 123 Å². The number of anilines is 1. The molecule has 0 saturated carbocycles. The summed E-state index contributed by atoms with van der Waals surface area (Å²) in [6, 6.07) is 4.16. The van der Waals surface area contributed by atoms with Crippen molar-refractivity contribution in [1.82, 2.24) is 0 Å². The number of carbonyl (C=O) groups is 3. The van der Waals surface area contributed by atoms with E-state index in [2.05, 4.69) is 0 Å². The van der Waals surface area contributed by atoms with Gasteiger partial charge < -0.3 is 15.2 Å². The first-order chi connectivity index (χ1) is 16.1. The second-order valence-corrected chi connectivity index (χ2v) is 9.27. The van der Waals surface area contributed by atoms with E-state index in [4.69, 9.17) is 20.5 Å². The number of carbonyl (C=O) groups excluding carboxylic acids is 3. The number of imide groups is 1. The van der Waals surface area contributed by atoms with Crippen molar-refractivity contribution in [3.8, 4) is 6.07 Å². The zero-order valence-electron chi connectivity index (χ0n) is 20.7. The molecule has 2 rings (SSSR count). The number of benzene rings is 1. The van der Waals surface area contributed by atoms with Crippen molar-refractivity contribution >= 4 is 24.0 Å². The number of hydrogen-bond acceptors (Lipinski definition) is 7. The molecule has 1 aromatic rings. The number of nitrogens with two attached hydrogens (primary N) is 1. The molecule has 1 aliphatic heterocycles. The number of alkyl halides is 3. The highest BCUT2D eigenvalue weighted by atomic mass is 19.4. The maximum Gasteiger partial charge on any atom is 0.417 e. The summed E-state index contributed by atoms with van der Waals surface area (Å²) in [6.07, 6.45) is -4.75. The van der Waals surface area contributed by atoms with Crippen LogP contribution >= 0.6 is 0 Å². The highest BCUT2D eigenvalue weighted by Gasteiger charge is 2.56. The molecule has 8 nitrogen and oxygen atoms in total. The van der Waals surface area contributed by atoms with Crippen LogP contribution in [-0.4, -0.2) is 42.6 Å². The minimum atomic E-state index is -4.84. The highest BCUT2D eigenvalue weighted by Crippen LogP contribution is 2.43. The minimum absolute atomic E-state index is 0. The van der Waals surface area contributed by atoms with Gasteiger partial charge in [-0.05, 0) is 52.4 Å². The van der Waals surface area contributed by atoms with E-state index in [1.165, 1.54) is 13.0 Å². The number of nitriles is 1. The second kappa shape index (κ2) is 12.8. The van der Waals surface area contributed by atoms with Gasteiger partial charge in [0.25, 0.3) is 6.47 Å². The molecule has 0 aliphatic carbocycles. The summed E-state index contributed by atoms with van der Waals surface area (Å²) in [5.74, 6) is -3.35. The summed E-state index contributed by atoms with van der Waals surface area (Å²) >= 11 is 0. The molecule has 202 valence electrons. The normalized spacial score (nSPS) is 19.4. The Bertz CT molecular complexity index is 969. The van der Waals surface area contributed by atoms with Crippen LogP contribution in [-0.2, 0) is 30.0 Å². The zero-order chi connectivity index (χ0) is 27.2. The predicted molar refractivity (Wildman–Crippen MR) is 129 cm³/mol. The van der Waals surface area contributed by atoms with Crippen LogP contribution in [0.3, 0.4) is 0 Å². The van der Waals surface area contributed by atoms with Crippen molar-refractivity contribution in [2.75, 3.05) is 18.1 Å². The fraction of sp³-hybridized carbons (Fsp3) is 0.600. The predicted octanol–water partition coefficient (Wildman–Crippen LogP) is 4.44. The number of amides is 2. The van der Waals surface area contributed by atoms with Gasteiger partial charge in [0.05, 0.1) is 52.5 Å². The van der Waals surface area contributed by atoms with Crippen molar-refractivity contribution in [2.45, 2.75) is 72.8 Å². The van der Waals surface area contributed by atoms with Gasteiger partial charge in [0, 0.05) is 6.42 Å². The van der Waals surface area contributed by atoms with E-state index in [1.807, 2.05) is 6.92 Å². The molecule has 0 radical (unpaired) electrons. The van der Waals surface area contributed by atoms with E-state index in [9.17, 15) is 27.6 Å².